The van der Waals surface area contributed by atoms with Gasteiger partial charge in [-0.1, -0.05) is 18.7 Å². The Morgan fingerprint density at radius 2 is 2.11 bits per heavy atom. The Hall–Kier alpha value is -2.01. The molecule has 5 heteroatoms. The third kappa shape index (κ3) is 5.01. The van der Waals surface area contributed by atoms with Crippen LogP contribution < -0.4 is 10.6 Å². The van der Waals surface area contributed by atoms with Crippen LogP contribution in [0, 0.1) is 0 Å². The van der Waals surface area contributed by atoms with Crippen LogP contribution in [0.5, 0.6) is 0 Å². The molecule has 1 aromatic rings. The van der Waals surface area contributed by atoms with E-state index in [2.05, 4.69) is 17.2 Å². The standard InChI is InChI=1S/C14H20N2O3/c1-4-18-19-11(2)9-10-16-14(17)12-7-5-6-8-13(12)15-3/h5-8,15H,2,4,9-10H2,1,3H3,(H,16,17). The van der Waals surface area contributed by atoms with E-state index in [0.29, 0.717) is 30.9 Å². The fraction of sp³-hybridized carbons (Fsp3) is 0.357. The number of carbonyl (C=O) groups is 1. The highest BCUT2D eigenvalue weighted by molar-refractivity contribution is 5.99. The number of hydrogen-bond acceptors (Lipinski definition) is 4. The smallest absolute Gasteiger partial charge is 0.253 e. The van der Waals surface area contributed by atoms with Gasteiger partial charge in [0.25, 0.3) is 5.91 Å². The minimum Gasteiger partial charge on any atom is -0.387 e. The Morgan fingerprint density at radius 1 is 1.37 bits per heavy atom. The van der Waals surface area contributed by atoms with Gasteiger partial charge in [0.05, 0.1) is 12.2 Å². The van der Waals surface area contributed by atoms with Gasteiger partial charge < -0.3 is 15.5 Å². The maximum atomic E-state index is 12.0. The Balaban J connectivity index is 2.41. The molecule has 0 saturated heterocycles. The molecule has 5 nitrogen and oxygen atoms in total. The molecule has 1 aromatic carbocycles. The molecular formula is C14H20N2O3. The highest BCUT2D eigenvalue weighted by Gasteiger charge is 2.09. The zero-order chi connectivity index (χ0) is 14.1. The van der Waals surface area contributed by atoms with Crippen molar-refractivity contribution >= 4 is 11.6 Å². The molecule has 0 aromatic heterocycles. The maximum absolute atomic E-state index is 12.0. The van der Waals surface area contributed by atoms with Gasteiger partial charge >= 0.3 is 0 Å². The number of amides is 1. The molecule has 0 aliphatic carbocycles. The van der Waals surface area contributed by atoms with Gasteiger partial charge in [-0.05, 0) is 19.1 Å². The van der Waals surface area contributed by atoms with Crippen molar-refractivity contribution in [3.8, 4) is 0 Å². The minimum absolute atomic E-state index is 0.130. The fourth-order valence-corrected chi connectivity index (χ4v) is 1.49. The molecule has 2 N–H and O–H groups in total. The summed E-state index contributed by atoms with van der Waals surface area (Å²) in [6.07, 6.45) is 0.507. The minimum atomic E-state index is -0.130. The molecule has 104 valence electrons. The second kappa shape index (κ2) is 8.16. The van der Waals surface area contributed by atoms with Crippen LogP contribution in [0.2, 0.25) is 0 Å². The van der Waals surface area contributed by atoms with Crippen LogP contribution in [0.25, 0.3) is 0 Å². The number of nitrogens with one attached hydrogen (secondary N) is 2. The number of benzene rings is 1. The van der Waals surface area contributed by atoms with E-state index in [1.165, 1.54) is 0 Å². The van der Waals surface area contributed by atoms with Crippen molar-refractivity contribution < 1.29 is 14.6 Å². The maximum Gasteiger partial charge on any atom is 0.253 e. The summed E-state index contributed by atoms with van der Waals surface area (Å²) < 4.78 is 0. The fourth-order valence-electron chi connectivity index (χ4n) is 1.49. The summed E-state index contributed by atoms with van der Waals surface area (Å²) in [6.45, 7) is 6.41. The number of para-hydroxylation sites is 1. The van der Waals surface area contributed by atoms with Crippen LogP contribution in [-0.2, 0) is 9.78 Å². The zero-order valence-electron chi connectivity index (χ0n) is 11.4. The second-order valence-corrected chi connectivity index (χ2v) is 3.83. The lowest BCUT2D eigenvalue weighted by Crippen LogP contribution is -2.25. The lowest BCUT2D eigenvalue weighted by molar-refractivity contribution is -0.259. The molecule has 0 radical (unpaired) electrons. The lowest BCUT2D eigenvalue weighted by Gasteiger charge is -2.10. The molecule has 0 aliphatic rings. The molecule has 0 aliphatic heterocycles. The first-order valence-electron chi connectivity index (χ1n) is 6.21. The summed E-state index contributed by atoms with van der Waals surface area (Å²) in [4.78, 5) is 21.6. The number of carbonyl (C=O) groups excluding carboxylic acids is 1. The van der Waals surface area contributed by atoms with E-state index in [4.69, 9.17) is 9.78 Å². The molecule has 0 bridgehead atoms. The topological polar surface area (TPSA) is 59.6 Å². The van der Waals surface area contributed by atoms with Gasteiger partial charge in [0.15, 0.2) is 0 Å². The van der Waals surface area contributed by atoms with Crippen molar-refractivity contribution in [2.75, 3.05) is 25.5 Å². The van der Waals surface area contributed by atoms with Gasteiger partial charge in [-0.25, -0.2) is 0 Å². The van der Waals surface area contributed by atoms with Crippen molar-refractivity contribution in [3.05, 3.63) is 42.2 Å². The highest BCUT2D eigenvalue weighted by Crippen LogP contribution is 2.13. The van der Waals surface area contributed by atoms with E-state index in [0.717, 1.165) is 5.69 Å². The molecule has 0 spiro atoms. The third-order valence-corrected chi connectivity index (χ3v) is 2.43. The van der Waals surface area contributed by atoms with Crippen LogP contribution in [-0.4, -0.2) is 26.1 Å². The molecule has 1 amide bonds. The number of anilines is 1. The molecule has 19 heavy (non-hydrogen) atoms. The molecule has 0 saturated carbocycles. The Labute approximate surface area is 113 Å². The predicted molar refractivity (Wildman–Crippen MR) is 74.8 cm³/mol. The quantitative estimate of drug-likeness (QED) is 0.430. The monoisotopic (exact) mass is 264 g/mol. The molecule has 1 rings (SSSR count). The normalized spacial score (nSPS) is 9.79. The Bertz CT molecular complexity index is 432. The van der Waals surface area contributed by atoms with E-state index < -0.39 is 0 Å². The zero-order valence-corrected chi connectivity index (χ0v) is 11.4. The van der Waals surface area contributed by atoms with E-state index in [1.807, 2.05) is 25.1 Å². The number of rotatable bonds is 8. The number of hydrogen-bond donors (Lipinski definition) is 2. The van der Waals surface area contributed by atoms with Crippen molar-refractivity contribution in [3.63, 3.8) is 0 Å². The summed E-state index contributed by atoms with van der Waals surface area (Å²) in [5.74, 6) is 0.359. The summed E-state index contributed by atoms with van der Waals surface area (Å²) >= 11 is 0. The van der Waals surface area contributed by atoms with Crippen molar-refractivity contribution in [2.24, 2.45) is 0 Å². The van der Waals surface area contributed by atoms with Crippen molar-refractivity contribution in [2.45, 2.75) is 13.3 Å². The van der Waals surface area contributed by atoms with Crippen LogP contribution in [0.3, 0.4) is 0 Å². The second-order valence-electron chi connectivity index (χ2n) is 3.83. The average Bonchev–Trinajstić information content (AvgIpc) is 2.44. The van der Waals surface area contributed by atoms with Gasteiger partial charge in [0.1, 0.15) is 5.76 Å². The Morgan fingerprint density at radius 3 is 2.79 bits per heavy atom. The largest absolute Gasteiger partial charge is 0.387 e. The summed E-state index contributed by atoms with van der Waals surface area (Å²) in [5.41, 5.74) is 1.41. The molecule has 0 fully saturated rings. The Kier molecular flexibility index (Phi) is 6.46. The van der Waals surface area contributed by atoms with Gasteiger partial charge in [-0.3, -0.25) is 4.79 Å². The van der Waals surface area contributed by atoms with Crippen LogP contribution in [0.1, 0.15) is 23.7 Å². The average molecular weight is 264 g/mol. The first-order chi connectivity index (χ1) is 9.19. The van der Waals surface area contributed by atoms with Crippen molar-refractivity contribution in [1.29, 1.82) is 0 Å². The van der Waals surface area contributed by atoms with Gasteiger partial charge in [0.2, 0.25) is 0 Å². The lowest BCUT2D eigenvalue weighted by atomic mass is 10.1. The summed E-state index contributed by atoms with van der Waals surface area (Å²) in [5, 5.41) is 5.79. The van der Waals surface area contributed by atoms with E-state index in [-0.39, 0.29) is 5.91 Å². The van der Waals surface area contributed by atoms with Gasteiger partial charge in [-0.2, -0.15) is 4.89 Å². The highest BCUT2D eigenvalue weighted by atomic mass is 17.2. The first kappa shape index (κ1) is 15.0. The summed E-state index contributed by atoms with van der Waals surface area (Å²) in [7, 11) is 1.78. The molecule has 0 unspecified atom stereocenters. The van der Waals surface area contributed by atoms with E-state index >= 15 is 0 Å². The molecule has 0 atom stereocenters. The third-order valence-electron chi connectivity index (χ3n) is 2.43. The first-order valence-corrected chi connectivity index (χ1v) is 6.21. The van der Waals surface area contributed by atoms with Gasteiger partial charge in [0, 0.05) is 25.7 Å². The molecular weight excluding hydrogens is 244 g/mol. The van der Waals surface area contributed by atoms with E-state index in [9.17, 15) is 4.79 Å². The summed E-state index contributed by atoms with van der Waals surface area (Å²) in [6, 6.07) is 7.33. The van der Waals surface area contributed by atoms with Crippen molar-refractivity contribution in [1.82, 2.24) is 5.32 Å². The van der Waals surface area contributed by atoms with Gasteiger partial charge in [-0.15, -0.1) is 0 Å². The van der Waals surface area contributed by atoms with Crippen LogP contribution >= 0.6 is 0 Å². The van der Waals surface area contributed by atoms with Crippen LogP contribution in [0.4, 0.5) is 5.69 Å². The SMILES string of the molecule is C=C(CCNC(=O)c1ccccc1NC)OOCC. The van der Waals surface area contributed by atoms with Crippen LogP contribution in [0.15, 0.2) is 36.6 Å². The van der Waals surface area contributed by atoms with E-state index in [1.54, 1.807) is 13.1 Å². The molecule has 0 heterocycles. The predicted octanol–water partition coefficient (Wildman–Crippen LogP) is 2.33.